The SMILES string of the molecule is Cc1cc(C(=O)COC(=O)c2cccnc2N2CCCC2)c(C)n1C. The number of aromatic nitrogens is 2. The lowest BCUT2D eigenvalue weighted by atomic mass is 10.1. The van der Waals surface area contributed by atoms with Crippen molar-refractivity contribution in [3.63, 3.8) is 0 Å². The average molecular weight is 341 g/mol. The van der Waals surface area contributed by atoms with Crippen molar-refractivity contribution in [2.75, 3.05) is 24.6 Å². The highest BCUT2D eigenvalue weighted by molar-refractivity contribution is 6.01. The molecule has 2 aromatic rings. The van der Waals surface area contributed by atoms with E-state index in [-0.39, 0.29) is 12.4 Å². The van der Waals surface area contributed by atoms with Crippen molar-refractivity contribution >= 4 is 17.6 Å². The van der Waals surface area contributed by atoms with Crippen molar-refractivity contribution in [3.05, 3.63) is 46.9 Å². The summed E-state index contributed by atoms with van der Waals surface area (Å²) in [7, 11) is 1.91. The molecule has 3 heterocycles. The maximum absolute atomic E-state index is 12.5. The van der Waals surface area contributed by atoms with Crippen LogP contribution in [0.1, 0.15) is 44.9 Å². The molecule has 6 heteroatoms. The molecule has 0 radical (unpaired) electrons. The van der Waals surface area contributed by atoms with Gasteiger partial charge in [0, 0.05) is 43.3 Å². The quantitative estimate of drug-likeness (QED) is 0.618. The van der Waals surface area contributed by atoms with Gasteiger partial charge in [-0.25, -0.2) is 9.78 Å². The van der Waals surface area contributed by atoms with Crippen LogP contribution in [-0.2, 0) is 11.8 Å². The molecule has 3 rings (SSSR count). The summed E-state index contributed by atoms with van der Waals surface area (Å²) in [5, 5.41) is 0. The van der Waals surface area contributed by atoms with Gasteiger partial charge in [-0.3, -0.25) is 4.79 Å². The van der Waals surface area contributed by atoms with Crippen LogP contribution in [0, 0.1) is 13.8 Å². The number of esters is 1. The molecule has 132 valence electrons. The fraction of sp³-hybridized carbons (Fsp3) is 0.421. The van der Waals surface area contributed by atoms with Gasteiger partial charge in [0.1, 0.15) is 11.4 Å². The minimum absolute atomic E-state index is 0.193. The summed E-state index contributed by atoms with van der Waals surface area (Å²) < 4.78 is 7.23. The molecule has 0 aliphatic carbocycles. The van der Waals surface area contributed by atoms with Crippen molar-refractivity contribution < 1.29 is 14.3 Å². The van der Waals surface area contributed by atoms with Crippen LogP contribution in [-0.4, -0.2) is 41.0 Å². The molecule has 0 aromatic carbocycles. The lowest BCUT2D eigenvalue weighted by molar-refractivity contribution is 0.0475. The van der Waals surface area contributed by atoms with Gasteiger partial charge in [0.05, 0.1) is 0 Å². The Hall–Kier alpha value is -2.63. The average Bonchev–Trinajstić information content (AvgIpc) is 3.24. The number of hydrogen-bond donors (Lipinski definition) is 0. The Morgan fingerprint density at radius 2 is 1.92 bits per heavy atom. The molecule has 6 nitrogen and oxygen atoms in total. The third-order valence-corrected chi connectivity index (χ3v) is 4.82. The van der Waals surface area contributed by atoms with Gasteiger partial charge in [-0.15, -0.1) is 0 Å². The van der Waals surface area contributed by atoms with E-state index in [0.717, 1.165) is 37.3 Å². The molecule has 0 spiro atoms. The number of carbonyl (C=O) groups is 2. The topological polar surface area (TPSA) is 64.4 Å². The maximum atomic E-state index is 12.5. The predicted molar refractivity (Wildman–Crippen MR) is 95.2 cm³/mol. The fourth-order valence-corrected chi connectivity index (χ4v) is 3.16. The van der Waals surface area contributed by atoms with Gasteiger partial charge < -0.3 is 14.2 Å². The predicted octanol–water partition coefficient (Wildman–Crippen LogP) is 2.68. The fourth-order valence-electron chi connectivity index (χ4n) is 3.16. The number of Topliss-reactive ketones (excluding diaryl/α,β-unsaturated/α-hetero) is 1. The van der Waals surface area contributed by atoms with Gasteiger partial charge in [0.15, 0.2) is 6.61 Å². The maximum Gasteiger partial charge on any atom is 0.342 e. The van der Waals surface area contributed by atoms with Crippen LogP contribution in [0.25, 0.3) is 0 Å². The first-order chi connectivity index (χ1) is 12.0. The number of aryl methyl sites for hydroxylation is 1. The van der Waals surface area contributed by atoms with E-state index in [0.29, 0.717) is 16.9 Å². The highest BCUT2D eigenvalue weighted by Gasteiger charge is 2.22. The second-order valence-electron chi connectivity index (χ2n) is 6.41. The lowest BCUT2D eigenvalue weighted by Crippen LogP contribution is -2.23. The van der Waals surface area contributed by atoms with Crippen molar-refractivity contribution in [3.8, 4) is 0 Å². The molecule has 0 N–H and O–H groups in total. The van der Waals surface area contributed by atoms with Crippen LogP contribution < -0.4 is 4.90 Å². The highest BCUT2D eigenvalue weighted by atomic mass is 16.5. The molecule has 0 saturated carbocycles. The molecule has 1 aliphatic rings. The van der Waals surface area contributed by atoms with E-state index in [4.69, 9.17) is 4.74 Å². The molecular formula is C19H23N3O3. The molecule has 0 atom stereocenters. The normalized spacial score (nSPS) is 14.0. The first-order valence-electron chi connectivity index (χ1n) is 8.52. The Bertz CT molecular complexity index is 804. The van der Waals surface area contributed by atoms with Gasteiger partial charge >= 0.3 is 5.97 Å². The number of ketones is 1. The summed E-state index contributed by atoms with van der Waals surface area (Å²) in [4.78, 5) is 31.3. The second-order valence-corrected chi connectivity index (χ2v) is 6.41. The van der Waals surface area contributed by atoms with E-state index in [2.05, 4.69) is 9.88 Å². The molecule has 2 aromatic heterocycles. The van der Waals surface area contributed by atoms with E-state index in [1.165, 1.54) is 0 Å². The van der Waals surface area contributed by atoms with Gasteiger partial charge in [-0.05, 0) is 44.9 Å². The first-order valence-corrected chi connectivity index (χ1v) is 8.52. The lowest BCUT2D eigenvalue weighted by Gasteiger charge is -2.18. The third kappa shape index (κ3) is 3.43. The Morgan fingerprint density at radius 1 is 1.20 bits per heavy atom. The van der Waals surface area contributed by atoms with E-state index in [1.54, 1.807) is 18.3 Å². The number of nitrogens with zero attached hydrogens (tertiary/aromatic N) is 3. The van der Waals surface area contributed by atoms with Crippen LogP contribution in [0.3, 0.4) is 0 Å². The van der Waals surface area contributed by atoms with Gasteiger partial charge in [0.2, 0.25) is 5.78 Å². The summed E-state index contributed by atoms with van der Waals surface area (Å²) in [6, 6.07) is 5.24. The molecular weight excluding hydrogens is 318 g/mol. The molecule has 0 amide bonds. The monoisotopic (exact) mass is 341 g/mol. The van der Waals surface area contributed by atoms with Crippen LogP contribution in [0.4, 0.5) is 5.82 Å². The van der Waals surface area contributed by atoms with E-state index >= 15 is 0 Å². The van der Waals surface area contributed by atoms with Gasteiger partial charge in [0.25, 0.3) is 0 Å². The molecule has 1 saturated heterocycles. The third-order valence-electron chi connectivity index (χ3n) is 4.82. The van der Waals surface area contributed by atoms with Crippen molar-refractivity contribution in [2.24, 2.45) is 7.05 Å². The number of pyridine rings is 1. The van der Waals surface area contributed by atoms with Gasteiger partial charge in [-0.2, -0.15) is 0 Å². The first kappa shape index (κ1) is 17.2. The summed E-state index contributed by atoms with van der Waals surface area (Å²) in [5.41, 5.74) is 2.88. The number of hydrogen-bond acceptors (Lipinski definition) is 5. The zero-order valence-corrected chi connectivity index (χ0v) is 14.9. The van der Waals surface area contributed by atoms with Crippen molar-refractivity contribution in [1.29, 1.82) is 0 Å². The molecule has 1 aliphatic heterocycles. The summed E-state index contributed by atoms with van der Waals surface area (Å²) in [5.74, 6) is -0.0565. The smallest absolute Gasteiger partial charge is 0.342 e. The van der Waals surface area contributed by atoms with Crippen LogP contribution >= 0.6 is 0 Å². The van der Waals surface area contributed by atoms with Crippen molar-refractivity contribution in [1.82, 2.24) is 9.55 Å². The molecule has 25 heavy (non-hydrogen) atoms. The Kier molecular flexibility index (Phi) is 4.88. The van der Waals surface area contributed by atoms with E-state index in [1.807, 2.05) is 31.5 Å². The number of anilines is 1. The summed E-state index contributed by atoms with van der Waals surface area (Å²) in [6.07, 6.45) is 3.86. The summed E-state index contributed by atoms with van der Waals surface area (Å²) >= 11 is 0. The number of ether oxygens (including phenoxy) is 1. The Morgan fingerprint density at radius 3 is 2.56 bits per heavy atom. The van der Waals surface area contributed by atoms with Crippen LogP contribution in [0.15, 0.2) is 24.4 Å². The zero-order valence-electron chi connectivity index (χ0n) is 14.9. The minimum Gasteiger partial charge on any atom is -0.454 e. The molecule has 0 unspecified atom stereocenters. The minimum atomic E-state index is -0.506. The Balaban J connectivity index is 1.71. The van der Waals surface area contributed by atoms with E-state index in [9.17, 15) is 9.59 Å². The standard InChI is InChI=1S/C19H23N3O3/c1-13-11-16(14(2)21(13)3)17(23)12-25-19(24)15-7-6-8-20-18(15)22-9-4-5-10-22/h6-8,11H,4-5,9-10,12H2,1-3H3. The number of carbonyl (C=O) groups excluding carboxylic acids is 2. The van der Waals surface area contributed by atoms with Gasteiger partial charge in [-0.1, -0.05) is 0 Å². The number of rotatable bonds is 5. The largest absolute Gasteiger partial charge is 0.454 e. The van der Waals surface area contributed by atoms with Crippen molar-refractivity contribution in [2.45, 2.75) is 26.7 Å². The zero-order chi connectivity index (χ0) is 18.0. The van der Waals surface area contributed by atoms with Crippen LogP contribution in [0.5, 0.6) is 0 Å². The molecule has 0 bridgehead atoms. The summed E-state index contributed by atoms with van der Waals surface area (Å²) in [6.45, 7) is 5.33. The Labute approximate surface area is 147 Å². The highest BCUT2D eigenvalue weighted by Crippen LogP contribution is 2.22. The molecule has 1 fully saturated rings. The van der Waals surface area contributed by atoms with E-state index < -0.39 is 5.97 Å². The second kappa shape index (κ2) is 7.09. The van der Waals surface area contributed by atoms with Crippen LogP contribution in [0.2, 0.25) is 0 Å².